The molecule has 0 aliphatic carbocycles. The fourth-order valence-corrected chi connectivity index (χ4v) is 4.67. The first-order valence-corrected chi connectivity index (χ1v) is 11.5. The molecule has 0 fully saturated rings. The summed E-state index contributed by atoms with van der Waals surface area (Å²) in [5, 5.41) is 0.465. The highest BCUT2D eigenvalue weighted by atomic mass is 16.5. The van der Waals surface area contributed by atoms with Gasteiger partial charge >= 0.3 is 0 Å². The minimum absolute atomic E-state index is 0.0920. The molecule has 0 radical (unpaired) electrons. The fourth-order valence-electron chi connectivity index (χ4n) is 4.67. The maximum absolute atomic E-state index is 13.8. The summed E-state index contributed by atoms with van der Waals surface area (Å²) in [6.45, 7) is 5.16. The molecule has 1 aromatic heterocycles. The molecule has 1 aliphatic heterocycles. The Morgan fingerprint density at radius 1 is 0.943 bits per heavy atom. The number of amides is 1. The Balaban J connectivity index is 1.96. The summed E-state index contributed by atoms with van der Waals surface area (Å²) in [4.78, 5) is 31.2. The first kappa shape index (κ1) is 24.6. The van der Waals surface area contributed by atoms with Crippen molar-refractivity contribution < 1.29 is 23.4 Å². The van der Waals surface area contributed by atoms with Gasteiger partial charge in [0.25, 0.3) is 5.91 Å². The Kier molecular flexibility index (Phi) is 6.76. The van der Waals surface area contributed by atoms with Gasteiger partial charge in [0.15, 0.2) is 16.9 Å². The Labute approximate surface area is 205 Å². The van der Waals surface area contributed by atoms with Crippen LogP contribution in [0.3, 0.4) is 0 Å². The van der Waals surface area contributed by atoms with Gasteiger partial charge in [-0.25, -0.2) is 0 Å². The summed E-state index contributed by atoms with van der Waals surface area (Å²) in [7, 11) is 8.58. The van der Waals surface area contributed by atoms with Gasteiger partial charge < -0.3 is 28.4 Å². The zero-order valence-corrected chi connectivity index (χ0v) is 21.4. The van der Waals surface area contributed by atoms with E-state index in [1.165, 1.54) is 21.3 Å². The predicted molar refractivity (Wildman–Crippen MR) is 134 cm³/mol. The van der Waals surface area contributed by atoms with Crippen LogP contribution >= 0.6 is 0 Å². The second-order valence-electron chi connectivity index (χ2n) is 9.12. The Morgan fingerprint density at radius 2 is 1.57 bits per heavy atom. The van der Waals surface area contributed by atoms with Gasteiger partial charge in [-0.1, -0.05) is 0 Å². The van der Waals surface area contributed by atoms with E-state index in [1.54, 1.807) is 17.0 Å². The summed E-state index contributed by atoms with van der Waals surface area (Å²) in [6, 6.07) is 6.59. The lowest BCUT2D eigenvalue weighted by molar-refractivity contribution is 0.0721. The second kappa shape index (κ2) is 9.62. The van der Waals surface area contributed by atoms with Gasteiger partial charge in [-0.3, -0.25) is 9.59 Å². The fraction of sp³-hybridized carbons (Fsp3) is 0.407. The van der Waals surface area contributed by atoms with Crippen molar-refractivity contribution in [1.29, 1.82) is 0 Å². The summed E-state index contributed by atoms with van der Waals surface area (Å²) in [6.07, 6.45) is 0.736. The SMILES string of the molecule is COc1cc(C2c3c(oc4cc(C)c(C)cc4c3=O)C(=O)N2CCCN(C)C)cc(OC)c1OC. The number of carbonyl (C=O) groups is 1. The number of rotatable bonds is 8. The van der Waals surface area contributed by atoms with E-state index in [9.17, 15) is 9.59 Å². The molecule has 1 atom stereocenters. The van der Waals surface area contributed by atoms with Crippen molar-refractivity contribution in [3.63, 3.8) is 0 Å². The van der Waals surface area contributed by atoms with E-state index in [4.69, 9.17) is 18.6 Å². The van der Waals surface area contributed by atoms with Gasteiger partial charge in [0, 0.05) is 6.54 Å². The molecule has 0 saturated carbocycles. The van der Waals surface area contributed by atoms with E-state index < -0.39 is 6.04 Å². The third-order valence-corrected chi connectivity index (χ3v) is 6.59. The normalized spacial score (nSPS) is 15.1. The van der Waals surface area contributed by atoms with Gasteiger partial charge in [0.05, 0.1) is 38.3 Å². The van der Waals surface area contributed by atoms with Crippen molar-refractivity contribution in [2.75, 3.05) is 48.5 Å². The van der Waals surface area contributed by atoms with Gasteiger partial charge in [0.1, 0.15) is 5.58 Å². The molecule has 8 nitrogen and oxygen atoms in total. The van der Waals surface area contributed by atoms with Gasteiger partial charge in [0.2, 0.25) is 11.5 Å². The molecule has 0 saturated heterocycles. The van der Waals surface area contributed by atoms with Crippen LogP contribution in [-0.2, 0) is 0 Å². The number of fused-ring (bicyclic) bond motifs is 2. The van der Waals surface area contributed by atoms with Crippen molar-refractivity contribution >= 4 is 16.9 Å². The second-order valence-corrected chi connectivity index (χ2v) is 9.12. The number of hydrogen-bond donors (Lipinski definition) is 0. The average molecular weight is 481 g/mol. The third-order valence-electron chi connectivity index (χ3n) is 6.59. The maximum atomic E-state index is 13.8. The molecule has 8 heteroatoms. The standard InChI is InChI=1S/C27H32N2O6/c1-15-11-18-19(12-16(15)2)35-26-22(24(18)30)23(29(27(26)31)10-8-9-28(3)4)17-13-20(32-5)25(34-7)21(14-17)33-6/h11-14,23H,8-10H2,1-7H3. The van der Waals surface area contributed by atoms with Crippen molar-refractivity contribution in [1.82, 2.24) is 9.80 Å². The van der Waals surface area contributed by atoms with Crippen molar-refractivity contribution in [2.45, 2.75) is 26.3 Å². The minimum atomic E-state index is -0.643. The summed E-state index contributed by atoms with van der Waals surface area (Å²) < 4.78 is 22.7. The molecule has 1 unspecified atom stereocenters. The highest BCUT2D eigenvalue weighted by Gasteiger charge is 2.43. The number of ether oxygens (including phenoxy) is 3. The van der Waals surface area contributed by atoms with Crippen LogP contribution < -0.4 is 19.6 Å². The first-order chi connectivity index (χ1) is 16.7. The zero-order valence-electron chi connectivity index (χ0n) is 21.4. The number of nitrogens with zero attached hydrogens (tertiary/aromatic N) is 2. The van der Waals surface area contributed by atoms with Crippen molar-refractivity contribution in [3.05, 3.63) is 62.5 Å². The van der Waals surface area contributed by atoms with Crippen LogP contribution in [0.15, 0.2) is 33.5 Å². The largest absolute Gasteiger partial charge is 0.493 e. The number of methoxy groups -OCH3 is 3. The topological polar surface area (TPSA) is 81.5 Å². The molecule has 2 heterocycles. The van der Waals surface area contributed by atoms with Gasteiger partial charge in [-0.15, -0.1) is 0 Å². The van der Waals surface area contributed by atoms with Crippen LogP contribution in [-0.4, -0.2) is 64.2 Å². The molecular formula is C27H32N2O6. The van der Waals surface area contributed by atoms with Crippen LogP contribution in [0.25, 0.3) is 11.0 Å². The van der Waals surface area contributed by atoms with Crippen LogP contribution in [0.1, 0.15) is 45.3 Å². The van der Waals surface area contributed by atoms with Crippen molar-refractivity contribution in [3.8, 4) is 17.2 Å². The molecule has 2 aromatic carbocycles. The smallest absolute Gasteiger partial charge is 0.290 e. The highest BCUT2D eigenvalue weighted by molar-refractivity contribution is 5.99. The lowest BCUT2D eigenvalue weighted by Crippen LogP contribution is -2.32. The molecule has 0 spiro atoms. The highest BCUT2D eigenvalue weighted by Crippen LogP contribution is 2.45. The Hall–Kier alpha value is -3.52. The molecule has 3 aromatic rings. The summed E-state index contributed by atoms with van der Waals surface area (Å²) in [5.74, 6) is 1.14. The van der Waals surface area contributed by atoms with Crippen LogP contribution in [0.2, 0.25) is 0 Å². The molecule has 0 N–H and O–H groups in total. The van der Waals surface area contributed by atoms with E-state index in [2.05, 4.69) is 4.90 Å². The zero-order chi connectivity index (χ0) is 25.4. The molecule has 4 rings (SSSR count). The van der Waals surface area contributed by atoms with E-state index in [0.29, 0.717) is 45.9 Å². The van der Waals surface area contributed by atoms with Crippen molar-refractivity contribution in [2.24, 2.45) is 0 Å². The molecule has 0 bridgehead atoms. The molecule has 186 valence electrons. The van der Waals surface area contributed by atoms with E-state index in [1.807, 2.05) is 40.1 Å². The predicted octanol–water partition coefficient (Wildman–Crippen LogP) is 3.93. The van der Waals surface area contributed by atoms with E-state index in [0.717, 1.165) is 24.1 Å². The van der Waals surface area contributed by atoms with Gasteiger partial charge in [-0.2, -0.15) is 0 Å². The van der Waals surface area contributed by atoms with Crippen LogP contribution in [0, 0.1) is 13.8 Å². The molecule has 1 aliphatic rings. The lowest BCUT2D eigenvalue weighted by atomic mass is 9.96. The number of aryl methyl sites for hydroxylation is 2. The van der Waals surface area contributed by atoms with Crippen LogP contribution in [0.4, 0.5) is 0 Å². The summed E-state index contributed by atoms with van der Waals surface area (Å²) >= 11 is 0. The average Bonchev–Trinajstić information content (AvgIpc) is 3.11. The molecular weight excluding hydrogens is 448 g/mol. The molecule has 35 heavy (non-hydrogen) atoms. The first-order valence-electron chi connectivity index (χ1n) is 11.5. The number of carbonyl (C=O) groups excluding carboxylic acids is 1. The Morgan fingerprint density at radius 3 is 2.14 bits per heavy atom. The Bertz CT molecular complexity index is 1320. The monoisotopic (exact) mass is 480 g/mol. The lowest BCUT2D eigenvalue weighted by Gasteiger charge is -2.27. The van der Waals surface area contributed by atoms with E-state index in [-0.39, 0.29) is 17.1 Å². The minimum Gasteiger partial charge on any atom is -0.493 e. The quantitative estimate of drug-likeness (QED) is 0.483. The summed E-state index contributed by atoms with van der Waals surface area (Å²) in [5.41, 5.74) is 3.23. The van der Waals surface area contributed by atoms with E-state index >= 15 is 0 Å². The van der Waals surface area contributed by atoms with Gasteiger partial charge in [-0.05, 0) is 81.9 Å². The molecule has 1 amide bonds. The van der Waals surface area contributed by atoms with Crippen LogP contribution in [0.5, 0.6) is 17.2 Å². The number of benzene rings is 2. The third kappa shape index (κ3) is 4.23. The number of hydrogen-bond acceptors (Lipinski definition) is 7. The maximum Gasteiger partial charge on any atom is 0.290 e.